The van der Waals surface area contributed by atoms with Crippen LogP contribution < -0.4 is 9.59 Å². The molecule has 0 aromatic heterocycles. The fourth-order valence-electron chi connectivity index (χ4n) is 0.204. The molecule has 0 aromatic carbocycles. The van der Waals surface area contributed by atoms with Crippen molar-refractivity contribution in [2.24, 2.45) is 0 Å². The molecule has 0 aliphatic rings. The van der Waals surface area contributed by atoms with Crippen molar-refractivity contribution < 1.29 is 41.7 Å². The van der Waals surface area contributed by atoms with Gasteiger partial charge in [-0.25, -0.2) is 0 Å². The molecule has 0 heterocycles. The summed E-state index contributed by atoms with van der Waals surface area (Å²) in [7, 11) is -1.82. The minimum absolute atomic E-state index is 0.642. The van der Waals surface area contributed by atoms with Gasteiger partial charge in [0, 0.05) is 9.17 Å². The van der Waals surface area contributed by atoms with Gasteiger partial charge in [0.15, 0.2) is 0 Å². The number of hydrogen-bond acceptors (Lipinski definition) is 4. The first-order chi connectivity index (χ1) is 4.15. The van der Waals surface area contributed by atoms with Crippen molar-refractivity contribution in [3.05, 3.63) is 0 Å². The Labute approximate surface area is 68.9 Å². The molecule has 6 heteroatoms. The van der Waals surface area contributed by atoms with Crippen LogP contribution in [0.3, 0.4) is 0 Å². The number of rotatable bonds is 2. The minimum Gasteiger partial charge on any atom is -0.672 e. The zero-order valence-corrected chi connectivity index (χ0v) is 12.0. The summed E-state index contributed by atoms with van der Waals surface area (Å²) in [5.41, 5.74) is 0. The van der Waals surface area contributed by atoms with Gasteiger partial charge in [0.25, 0.3) is 0 Å². The molecule has 0 fully saturated rings. The topological polar surface area (TPSA) is 72.4 Å². The van der Waals surface area contributed by atoms with Crippen LogP contribution in [0.1, 0.15) is 6.92 Å². The van der Waals surface area contributed by atoms with Gasteiger partial charge in [-0.15, -0.1) is 0 Å². The molecule has 0 unspecified atom stereocenters. The number of hydrogen-bond donors (Lipinski definition) is 0. The zero-order valence-electron chi connectivity index (χ0n) is 5.55. The molecule has 0 saturated heterocycles. The average Bonchev–Trinajstić information content (AvgIpc) is 1.66. The quantitative estimate of drug-likeness (QED) is 0.557. The third kappa shape index (κ3) is 57.2. The maximum absolute atomic E-state index is 8.52. The van der Waals surface area contributed by atoms with E-state index in [0.717, 1.165) is 0 Å². The Balaban J connectivity index is 0. The Morgan fingerprint density at radius 2 is 2.00 bits per heavy atom. The summed E-state index contributed by atoms with van der Waals surface area (Å²) in [6.45, 7) is 2.19. The predicted octanol–water partition coefficient (Wildman–Crippen LogP) is -1.81. The second-order valence-corrected chi connectivity index (χ2v) is 9.46. The molecule has 0 N–H and O–H groups in total. The Morgan fingerprint density at radius 3 is 2.00 bits per heavy atom. The van der Waals surface area contributed by atoms with E-state index in [1.54, 1.807) is 0 Å². The Kier molecular flexibility index (Phi) is 15.4. The van der Waals surface area contributed by atoms with Crippen LogP contribution in [0.4, 0.5) is 0 Å². The van der Waals surface area contributed by atoms with Crippen molar-refractivity contribution in [2.75, 3.05) is 7.11 Å². The van der Waals surface area contributed by atoms with Crippen LogP contribution in [0.15, 0.2) is 0 Å². The monoisotopic (exact) mass is 338 g/mol. The summed E-state index contributed by atoms with van der Waals surface area (Å²) in [5, 5.41) is 0. The second-order valence-electron chi connectivity index (χ2n) is 1.24. The van der Waals surface area contributed by atoms with Gasteiger partial charge in [0.2, 0.25) is 0 Å². The van der Waals surface area contributed by atoms with Crippen molar-refractivity contribution in [3.63, 3.8) is 0 Å². The predicted molar refractivity (Wildman–Crippen MR) is 23.9 cm³/mol. The average molecular weight is 337 g/mol. The van der Waals surface area contributed by atoms with Crippen molar-refractivity contribution >= 4 is 9.17 Å². The minimum atomic E-state index is -3.63. The molecule has 0 aromatic rings. The van der Waals surface area contributed by atoms with E-state index in [-0.39, 0.29) is 0 Å². The van der Waals surface area contributed by atoms with Crippen molar-refractivity contribution in [3.8, 4) is 0 Å². The molecule has 0 aliphatic heterocycles. The van der Waals surface area contributed by atoms with Crippen LogP contribution >= 0.6 is 0 Å². The van der Waals surface area contributed by atoms with Gasteiger partial charge in [-0.3, -0.25) is 0 Å². The molecule has 0 spiro atoms. The summed E-state index contributed by atoms with van der Waals surface area (Å²) in [5.74, 6) is 0. The van der Waals surface area contributed by atoms with Crippen LogP contribution in [0.25, 0.3) is 0 Å². The van der Waals surface area contributed by atoms with Gasteiger partial charge in [-0.05, 0) is 0 Å². The molecule has 4 nitrogen and oxygen atoms in total. The summed E-state index contributed by atoms with van der Waals surface area (Å²) in [4.78, 5) is 17.0. The Hall–Kier alpha value is 0.512. The van der Waals surface area contributed by atoms with E-state index < -0.39 is 34.2 Å². The summed E-state index contributed by atoms with van der Waals surface area (Å²) in [6.07, 6.45) is 0. The van der Waals surface area contributed by atoms with E-state index in [9.17, 15) is 0 Å². The molecular formula is C3H8HgO4Si-2. The molecular weight excluding hydrogens is 329 g/mol. The van der Waals surface area contributed by atoms with Crippen LogP contribution in [0.5, 0.6) is 0 Å². The second kappa shape index (κ2) is 11.3. The molecule has 0 amide bonds. The third-order valence-corrected chi connectivity index (χ3v) is 3.58. The largest absolute Gasteiger partial charge is 0.672 e. The van der Waals surface area contributed by atoms with E-state index >= 15 is 0 Å². The first kappa shape index (κ1) is 12.2. The van der Waals surface area contributed by atoms with Crippen LogP contribution in [0, 0.1) is 0 Å². The molecule has 9 heavy (non-hydrogen) atoms. The molecule has 0 atom stereocenters. The van der Waals surface area contributed by atoms with E-state index in [1.807, 2.05) is 7.11 Å². The van der Waals surface area contributed by atoms with E-state index in [1.165, 1.54) is 3.93 Å². The summed E-state index contributed by atoms with van der Waals surface area (Å²) < 4.78 is 14.8. The maximum atomic E-state index is 8.52. The Morgan fingerprint density at radius 1 is 1.67 bits per heavy atom. The zero-order chi connectivity index (χ0) is 7.70. The molecule has 0 aliphatic carbocycles. The van der Waals surface area contributed by atoms with Crippen molar-refractivity contribution in [1.82, 2.24) is 0 Å². The molecule has 0 bridgehead atoms. The fraction of sp³-hybridized carbons (Fsp3) is 1.00. The molecule has 0 rings (SSSR count). The van der Waals surface area contributed by atoms with Gasteiger partial charge in [0.05, 0.1) is 0 Å². The Bertz CT molecular complexity index is 62.8. The van der Waals surface area contributed by atoms with Crippen LogP contribution in [0.2, 0.25) is 3.93 Å². The first-order valence-corrected chi connectivity index (χ1v) is 9.87. The van der Waals surface area contributed by atoms with E-state index in [2.05, 4.69) is 6.92 Å². The van der Waals surface area contributed by atoms with Crippen LogP contribution in [-0.4, -0.2) is 16.3 Å². The van der Waals surface area contributed by atoms with Gasteiger partial charge < -0.3 is 14.1 Å². The normalized spacial score (nSPS) is 6.44. The van der Waals surface area contributed by atoms with Crippen molar-refractivity contribution in [1.29, 1.82) is 0 Å². The standard InChI is InChI=1S/C2H5.CH3O.Hg.O3Si/c2*1-2;;1-4(2)3/h1H2,2H3;1H3;;/q;-1;+1;-2. The van der Waals surface area contributed by atoms with Crippen LogP contribution in [-0.2, 0) is 32.1 Å². The third-order valence-electron chi connectivity index (χ3n) is 0.408. The summed E-state index contributed by atoms with van der Waals surface area (Å²) >= 11 is -0.642. The maximum Gasteiger partial charge on any atom is 0.0172 e. The summed E-state index contributed by atoms with van der Waals surface area (Å²) in [6, 6.07) is 0. The molecule has 52 valence electrons. The van der Waals surface area contributed by atoms with E-state index in [0.29, 0.717) is 0 Å². The van der Waals surface area contributed by atoms with Crippen molar-refractivity contribution in [2.45, 2.75) is 10.9 Å². The fourth-order valence-corrected chi connectivity index (χ4v) is 1.79. The van der Waals surface area contributed by atoms with Gasteiger partial charge in [0.1, 0.15) is 0 Å². The molecule has 0 saturated carbocycles. The van der Waals surface area contributed by atoms with Gasteiger partial charge in [-0.1, -0.05) is 0 Å². The smallest absolute Gasteiger partial charge is 0.0172 e. The first-order valence-electron chi connectivity index (χ1n) is 2.52. The van der Waals surface area contributed by atoms with E-state index in [4.69, 9.17) is 16.7 Å². The SMILES string of the molecule is C[CH2][Hg][O]C.O=[Si]([O-])[O-]. The van der Waals surface area contributed by atoms with Gasteiger partial charge >= 0.3 is 45.6 Å². The van der Waals surface area contributed by atoms with Gasteiger partial charge in [-0.2, -0.15) is 0 Å². The molecule has 0 radical (unpaired) electrons.